The lowest BCUT2D eigenvalue weighted by atomic mass is 10.1. The molecule has 1 unspecified atom stereocenters. The zero-order valence-corrected chi connectivity index (χ0v) is 10.9. The second-order valence-corrected chi connectivity index (χ2v) is 5.36. The molecule has 1 aliphatic heterocycles. The molecule has 0 aromatic carbocycles. The van der Waals surface area contributed by atoms with Gasteiger partial charge in [0.2, 0.25) is 5.91 Å². The van der Waals surface area contributed by atoms with Gasteiger partial charge >= 0.3 is 0 Å². The first-order valence-corrected chi connectivity index (χ1v) is 6.96. The zero-order chi connectivity index (χ0) is 12.3. The average molecular weight is 239 g/mol. The van der Waals surface area contributed by atoms with Gasteiger partial charge in [-0.3, -0.25) is 9.69 Å². The van der Waals surface area contributed by atoms with E-state index in [1.807, 2.05) is 4.90 Å². The summed E-state index contributed by atoms with van der Waals surface area (Å²) in [5.41, 5.74) is 5.76. The second kappa shape index (κ2) is 5.83. The molecule has 1 saturated heterocycles. The topological polar surface area (TPSA) is 49.6 Å². The Hall–Kier alpha value is -0.610. The number of amides is 1. The summed E-state index contributed by atoms with van der Waals surface area (Å²) in [6, 6.07) is 0.496. The fourth-order valence-electron chi connectivity index (χ4n) is 2.61. The summed E-state index contributed by atoms with van der Waals surface area (Å²) in [4.78, 5) is 16.4. The van der Waals surface area contributed by atoms with Gasteiger partial charge in [-0.25, -0.2) is 0 Å². The van der Waals surface area contributed by atoms with E-state index in [9.17, 15) is 4.79 Å². The third-order valence-electron chi connectivity index (χ3n) is 4.09. The minimum Gasteiger partial charge on any atom is -0.340 e. The SMILES string of the molecule is CCC(CN)N1CCN(C(=O)CC2CC2)CC1. The number of piperazine rings is 1. The van der Waals surface area contributed by atoms with Gasteiger partial charge in [-0.1, -0.05) is 6.92 Å². The van der Waals surface area contributed by atoms with E-state index in [1.54, 1.807) is 0 Å². The van der Waals surface area contributed by atoms with Crippen molar-refractivity contribution in [2.45, 2.75) is 38.6 Å². The smallest absolute Gasteiger partial charge is 0.222 e. The fraction of sp³-hybridized carbons (Fsp3) is 0.923. The molecule has 1 saturated carbocycles. The summed E-state index contributed by atoms with van der Waals surface area (Å²) >= 11 is 0. The summed E-state index contributed by atoms with van der Waals surface area (Å²) in [5.74, 6) is 1.07. The molecule has 0 aromatic rings. The second-order valence-electron chi connectivity index (χ2n) is 5.36. The summed E-state index contributed by atoms with van der Waals surface area (Å²) in [6.45, 7) is 6.68. The minimum absolute atomic E-state index is 0.368. The van der Waals surface area contributed by atoms with E-state index in [0.717, 1.165) is 45.6 Å². The molecule has 0 spiro atoms. The summed E-state index contributed by atoms with van der Waals surface area (Å²) in [6.07, 6.45) is 4.41. The van der Waals surface area contributed by atoms with E-state index in [-0.39, 0.29) is 0 Å². The van der Waals surface area contributed by atoms with Crippen LogP contribution in [0.3, 0.4) is 0 Å². The van der Waals surface area contributed by atoms with E-state index in [2.05, 4.69) is 11.8 Å². The van der Waals surface area contributed by atoms with Crippen LogP contribution in [0.4, 0.5) is 0 Å². The Morgan fingerprint density at radius 3 is 2.41 bits per heavy atom. The highest BCUT2D eigenvalue weighted by atomic mass is 16.2. The normalized spacial score (nSPS) is 23.8. The molecule has 4 heteroatoms. The lowest BCUT2D eigenvalue weighted by molar-refractivity contribution is -0.133. The maximum atomic E-state index is 11.9. The predicted octanol–water partition coefficient (Wildman–Crippen LogP) is 0.668. The molecule has 2 aliphatic rings. The van der Waals surface area contributed by atoms with Crippen LogP contribution in [0, 0.1) is 5.92 Å². The maximum Gasteiger partial charge on any atom is 0.222 e. The van der Waals surface area contributed by atoms with Gasteiger partial charge in [-0.05, 0) is 25.2 Å². The first kappa shape index (κ1) is 12.8. The Labute approximate surface area is 104 Å². The molecule has 4 nitrogen and oxygen atoms in total. The quantitative estimate of drug-likeness (QED) is 0.767. The van der Waals surface area contributed by atoms with Crippen molar-refractivity contribution in [3.05, 3.63) is 0 Å². The van der Waals surface area contributed by atoms with Crippen molar-refractivity contribution in [3.8, 4) is 0 Å². The number of nitrogens with zero attached hydrogens (tertiary/aromatic N) is 2. The lowest BCUT2D eigenvalue weighted by Gasteiger charge is -2.38. The van der Waals surface area contributed by atoms with E-state index in [0.29, 0.717) is 17.9 Å². The van der Waals surface area contributed by atoms with Crippen molar-refractivity contribution in [1.82, 2.24) is 9.80 Å². The highest BCUT2D eigenvalue weighted by Crippen LogP contribution is 2.32. The van der Waals surface area contributed by atoms with Gasteiger partial charge in [-0.15, -0.1) is 0 Å². The Kier molecular flexibility index (Phi) is 4.40. The van der Waals surface area contributed by atoms with Gasteiger partial charge in [0.25, 0.3) is 0 Å². The third-order valence-corrected chi connectivity index (χ3v) is 4.09. The fourth-order valence-corrected chi connectivity index (χ4v) is 2.61. The van der Waals surface area contributed by atoms with E-state index in [1.165, 1.54) is 12.8 Å². The number of carbonyl (C=O) groups is 1. The first-order valence-electron chi connectivity index (χ1n) is 6.96. The van der Waals surface area contributed by atoms with Crippen molar-refractivity contribution in [3.63, 3.8) is 0 Å². The van der Waals surface area contributed by atoms with Crippen LogP contribution in [-0.2, 0) is 4.79 Å². The van der Waals surface area contributed by atoms with Crippen LogP contribution >= 0.6 is 0 Å². The number of hydrogen-bond acceptors (Lipinski definition) is 3. The summed E-state index contributed by atoms with van der Waals surface area (Å²) in [5, 5.41) is 0. The molecule has 98 valence electrons. The number of carbonyl (C=O) groups excluding carboxylic acids is 1. The monoisotopic (exact) mass is 239 g/mol. The lowest BCUT2D eigenvalue weighted by Crippen LogP contribution is -2.53. The van der Waals surface area contributed by atoms with Crippen LogP contribution in [0.25, 0.3) is 0 Å². The molecule has 17 heavy (non-hydrogen) atoms. The Morgan fingerprint density at radius 2 is 1.94 bits per heavy atom. The van der Waals surface area contributed by atoms with Crippen LogP contribution in [0.2, 0.25) is 0 Å². The van der Waals surface area contributed by atoms with Crippen LogP contribution in [0.5, 0.6) is 0 Å². The molecule has 2 N–H and O–H groups in total. The third kappa shape index (κ3) is 3.42. The molecule has 0 bridgehead atoms. The Morgan fingerprint density at radius 1 is 1.29 bits per heavy atom. The molecule has 2 rings (SSSR count). The molecule has 1 heterocycles. The maximum absolute atomic E-state index is 11.9. The number of rotatable bonds is 5. The Balaban J connectivity index is 1.74. The van der Waals surface area contributed by atoms with Gasteiger partial charge in [-0.2, -0.15) is 0 Å². The summed E-state index contributed by atoms with van der Waals surface area (Å²) in [7, 11) is 0. The van der Waals surface area contributed by atoms with Gasteiger partial charge in [0.05, 0.1) is 0 Å². The van der Waals surface area contributed by atoms with Gasteiger partial charge in [0.1, 0.15) is 0 Å². The van der Waals surface area contributed by atoms with Crippen LogP contribution in [-0.4, -0.2) is 54.5 Å². The number of nitrogens with two attached hydrogens (primary N) is 1. The van der Waals surface area contributed by atoms with E-state index < -0.39 is 0 Å². The average Bonchev–Trinajstić information content (AvgIpc) is 3.15. The standard InChI is InChI=1S/C13H25N3O/c1-2-12(10-14)15-5-7-16(8-6-15)13(17)9-11-3-4-11/h11-12H,2-10,14H2,1H3. The molecule has 1 amide bonds. The van der Waals surface area contributed by atoms with E-state index >= 15 is 0 Å². The van der Waals surface area contributed by atoms with Crippen molar-refractivity contribution in [1.29, 1.82) is 0 Å². The summed E-state index contributed by atoms with van der Waals surface area (Å²) < 4.78 is 0. The predicted molar refractivity (Wildman–Crippen MR) is 68.6 cm³/mol. The van der Waals surface area contributed by atoms with Crippen molar-refractivity contribution >= 4 is 5.91 Å². The molecule has 0 radical (unpaired) electrons. The highest BCUT2D eigenvalue weighted by molar-refractivity contribution is 5.76. The van der Waals surface area contributed by atoms with Gasteiger partial charge < -0.3 is 10.6 Å². The van der Waals surface area contributed by atoms with Crippen molar-refractivity contribution in [2.24, 2.45) is 11.7 Å². The molecule has 1 atom stereocenters. The van der Waals surface area contributed by atoms with Crippen LogP contribution in [0.1, 0.15) is 32.6 Å². The van der Waals surface area contributed by atoms with Crippen LogP contribution < -0.4 is 5.73 Å². The number of hydrogen-bond donors (Lipinski definition) is 1. The minimum atomic E-state index is 0.368. The van der Waals surface area contributed by atoms with E-state index in [4.69, 9.17) is 5.73 Å². The van der Waals surface area contributed by atoms with Gasteiger partial charge in [0.15, 0.2) is 0 Å². The van der Waals surface area contributed by atoms with Crippen molar-refractivity contribution < 1.29 is 4.79 Å². The molecular formula is C13H25N3O. The molecule has 0 aromatic heterocycles. The first-order chi connectivity index (χ1) is 8.24. The van der Waals surface area contributed by atoms with Crippen molar-refractivity contribution in [2.75, 3.05) is 32.7 Å². The molecule has 2 fully saturated rings. The zero-order valence-electron chi connectivity index (χ0n) is 10.9. The Bertz CT molecular complexity index is 253. The largest absolute Gasteiger partial charge is 0.340 e. The molecular weight excluding hydrogens is 214 g/mol. The molecule has 1 aliphatic carbocycles. The van der Waals surface area contributed by atoms with Gasteiger partial charge in [0, 0.05) is 45.2 Å². The highest BCUT2D eigenvalue weighted by Gasteiger charge is 2.29. The van der Waals surface area contributed by atoms with Crippen LogP contribution in [0.15, 0.2) is 0 Å².